The van der Waals surface area contributed by atoms with E-state index in [2.05, 4.69) is 39.8 Å². The van der Waals surface area contributed by atoms with Gasteiger partial charge in [0, 0.05) is 22.7 Å². The molecule has 0 bridgehead atoms. The highest BCUT2D eigenvalue weighted by Gasteiger charge is 2.09. The van der Waals surface area contributed by atoms with E-state index in [0.29, 0.717) is 0 Å². The first-order valence-electron chi connectivity index (χ1n) is 9.55. The Labute approximate surface area is 188 Å². The zero-order chi connectivity index (χ0) is 20.0. The van der Waals surface area contributed by atoms with Gasteiger partial charge < -0.3 is 22.9 Å². The Kier molecular flexibility index (Phi) is 18.1. The van der Waals surface area contributed by atoms with Gasteiger partial charge in [-0.25, -0.2) is 0 Å². The van der Waals surface area contributed by atoms with Gasteiger partial charge in [-0.1, -0.05) is 69.5 Å². The van der Waals surface area contributed by atoms with Crippen molar-refractivity contribution in [3.05, 3.63) is 45.5 Å². The van der Waals surface area contributed by atoms with Gasteiger partial charge in [0.25, 0.3) is 0 Å². The molecule has 0 aromatic heterocycles. The molecular formula is C26H52N4. The van der Waals surface area contributed by atoms with E-state index in [0.717, 1.165) is 65.1 Å². The molecule has 0 aliphatic rings. The zero-order valence-corrected chi connectivity index (χ0v) is 17.3. The highest BCUT2D eigenvalue weighted by molar-refractivity contribution is 5.69. The van der Waals surface area contributed by atoms with Crippen molar-refractivity contribution in [1.82, 2.24) is 0 Å². The predicted molar refractivity (Wildman–Crippen MR) is 144 cm³/mol. The first-order valence-corrected chi connectivity index (χ1v) is 9.55. The minimum atomic E-state index is 0. The molecule has 0 fully saturated rings. The Hall–Kier alpha value is -2.36. The largest absolute Gasteiger partial charge is 0.398 e. The molecule has 0 unspecified atom stereocenters. The predicted octanol–water partition coefficient (Wildman–Crippen LogP) is 7.11. The maximum absolute atomic E-state index is 5.99. The van der Waals surface area contributed by atoms with E-state index in [-0.39, 0.29) is 29.7 Å². The molecule has 2 aromatic carbocycles. The van der Waals surface area contributed by atoms with Crippen LogP contribution in [0.25, 0.3) is 0 Å². The average Bonchev–Trinajstić information content (AvgIpc) is 2.64. The minimum Gasteiger partial charge on any atom is -0.398 e. The maximum atomic E-state index is 5.99. The molecule has 0 atom stereocenters. The van der Waals surface area contributed by atoms with Gasteiger partial charge in [-0.15, -0.1) is 0 Å². The van der Waals surface area contributed by atoms with E-state index >= 15 is 0 Å². The topological polar surface area (TPSA) is 104 Å². The van der Waals surface area contributed by atoms with Crippen molar-refractivity contribution in [2.24, 2.45) is 0 Å². The van der Waals surface area contributed by atoms with Gasteiger partial charge in [0.05, 0.1) is 0 Å². The molecule has 2 rings (SSSR count). The fraction of sp³-hybridized carbons (Fsp3) is 0.538. The van der Waals surface area contributed by atoms with Crippen molar-refractivity contribution < 1.29 is 0 Å². The summed E-state index contributed by atoms with van der Waals surface area (Å²) in [7, 11) is 0. The summed E-state index contributed by atoms with van der Waals surface area (Å²) in [6, 6.07) is 4.21. The summed E-state index contributed by atoms with van der Waals surface area (Å²) in [4.78, 5) is 0. The first kappa shape index (κ1) is 35.1. The van der Waals surface area contributed by atoms with Crippen LogP contribution < -0.4 is 22.9 Å². The van der Waals surface area contributed by atoms with Crippen molar-refractivity contribution in [2.75, 3.05) is 22.9 Å². The van der Waals surface area contributed by atoms with Crippen LogP contribution in [0.5, 0.6) is 0 Å². The van der Waals surface area contributed by atoms with Crippen molar-refractivity contribution >= 4 is 22.7 Å². The van der Waals surface area contributed by atoms with E-state index in [1.54, 1.807) is 0 Å². The number of benzene rings is 2. The molecule has 0 saturated heterocycles. The van der Waals surface area contributed by atoms with Gasteiger partial charge in [0.15, 0.2) is 0 Å². The van der Waals surface area contributed by atoms with Crippen LogP contribution in [0.3, 0.4) is 0 Å². The monoisotopic (exact) mass is 420 g/mol. The molecule has 0 heterocycles. The molecule has 0 amide bonds. The SMILES string of the molecule is C.C.C.C.CCc1cc(C)c(N)c(CC)c1N.CCc1cc(CC)c(N)c(C)c1N. The molecule has 30 heavy (non-hydrogen) atoms. The zero-order valence-electron chi connectivity index (χ0n) is 17.3. The van der Waals surface area contributed by atoms with Crippen LogP contribution in [-0.4, -0.2) is 0 Å². The summed E-state index contributed by atoms with van der Waals surface area (Å²) >= 11 is 0. The standard InChI is InChI=1S/2C11H18N2.4CH4/c1-4-8-6-9(5-2)11(13)7(3)10(8)12;1-4-8-6-7(3)10(12)9(5-2)11(8)13;;;;/h2*6H,4-5,12-13H2,1-3H3;4*1H4. The molecule has 0 radical (unpaired) electrons. The fourth-order valence-electron chi connectivity index (χ4n) is 3.24. The van der Waals surface area contributed by atoms with E-state index in [1.807, 2.05) is 13.8 Å². The summed E-state index contributed by atoms with van der Waals surface area (Å²) in [6.07, 6.45) is 3.83. The lowest BCUT2D eigenvalue weighted by molar-refractivity contribution is 1.08. The highest BCUT2D eigenvalue weighted by Crippen LogP contribution is 2.28. The lowest BCUT2D eigenvalue weighted by Gasteiger charge is -2.14. The second kappa shape index (κ2) is 15.5. The number of nitrogens with two attached hydrogens (primary N) is 4. The van der Waals surface area contributed by atoms with Crippen LogP contribution in [0.4, 0.5) is 22.7 Å². The highest BCUT2D eigenvalue weighted by atomic mass is 14.6. The van der Waals surface area contributed by atoms with E-state index in [4.69, 9.17) is 22.9 Å². The summed E-state index contributed by atoms with van der Waals surface area (Å²) in [6.45, 7) is 12.4. The summed E-state index contributed by atoms with van der Waals surface area (Å²) in [5, 5.41) is 0. The minimum absolute atomic E-state index is 0. The lowest BCUT2D eigenvalue weighted by atomic mass is 9.98. The molecule has 0 aliphatic carbocycles. The third-order valence-corrected chi connectivity index (χ3v) is 5.16. The van der Waals surface area contributed by atoms with Crippen LogP contribution in [0, 0.1) is 13.8 Å². The summed E-state index contributed by atoms with van der Waals surface area (Å²) in [5.41, 5.74) is 34.2. The van der Waals surface area contributed by atoms with Gasteiger partial charge in [-0.2, -0.15) is 0 Å². The van der Waals surface area contributed by atoms with E-state index in [9.17, 15) is 0 Å². The quantitative estimate of drug-likeness (QED) is 0.395. The van der Waals surface area contributed by atoms with Crippen LogP contribution >= 0.6 is 0 Å². The van der Waals surface area contributed by atoms with Crippen LogP contribution in [0.2, 0.25) is 0 Å². The van der Waals surface area contributed by atoms with Crippen molar-refractivity contribution in [3.8, 4) is 0 Å². The third-order valence-electron chi connectivity index (χ3n) is 5.16. The Bertz CT molecular complexity index is 734. The van der Waals surface area contributed by atoms with E-state index in [1.165, 1.54) is 16.7 Å². The van der Waals surface area contributed by atoms with Gasteiger partial charge in [-0.05, 0) is 72.9 Å². The van der Waals surface area contributed by atoms with Crippen molar-refractivity contribution in [2.45, 2.75) is 96.9 Å². The summed E-state index contributed by atoms with van der Waals surface area (Å²) < 4.78 is 0. The molecule has 0 saturated carbocycles. The maximum Gasteiger partial charge on any atom is 0.0399 e. The Balaban J connectivity index is -0.000000199. The molecule has 4 heteroatoms. The summed E-state index contributed by atoms with van der Waals surface area (Å²) in [5.74, 6) is 0. The van der Waals surface area contributed by atoms with Gasteiger partial charge in [0.1, 0.15) is 0 Å². The molecule has 8 N–H and O–H groups in total. The first-order chi connectivity index (χ1) is 12.2. The molecule has 0 aliphatic heterocycles. The van der Waals surface area contributed by atoms with Gasteiger partial charge in [0.2, 0.25) is 0 Å². The molecular weight excluding hydrogens is 368 g/mol. The number of anilines is 4. The lowest BCUT2D eigenvalue weighted by Crippen LogP contribution is -2.05. The molecule has 2 aromatic rings. The van der Waals surface area contributed by atoms with Crippen LogP contribution in [0.1, 0.15) is 90.8 Å². The molecule has 4 nitrogen and oxygen atoms in total. The number of hydrogen-bond acceptors (Lipinski definition) is 4. The van der Waals surface area contributed by atoms with Gasteiger partial charge in [-0.3, -0.25) is 0 Å². The van der Waals surface area contributed by atoms with Crippen LogP contribution in [-0.2, 0) is 25.7 Å². The Morgan fingerprint density at radius 1 is 0.533 bits per heavy atom. The van der Waals surface area contributed by atoms with Crippen LogP contribution in [0.15, 0.2) is 12.1 Å². The molecule has 0 spiro atoms. The number of aryl methyl sites for hydroxylation is 4. The number of rotatable bonds is 4. The third kappa shape index (κ3) is 7.47. The number of hydrogen-bond donors (Lipinski definition) is 4. The van der Waals surface area contributed by atoms with Gasteiger partial charge >= 0.3 is 0 Å². The Morgan fingerprint density at radius 2 is 0.900 bits per heavy atom. The molecule has 176 valence electrons. The smallest absolute Gasteiger partial charge is 0.0399 e. The van der Waals surface area contributed by atoms with Crippen molar-refractivity contribution in [1.29, 1.82) is 0 Å². The van der Waals surface area contributed by atoms with Crippen molar-refractivity contribution in [3.63, 3.8) is 0 Å². The Morgan fingerprint density at radius 3 is 1.23 bits per heavy atom. The second-order valence-corrected chi connectivity index (χ2v) is 6.72. The second-order valence-electron chi connectivity index (χ2n) is 6.72. The normalized spacial score (nSPS) is 9.00. The fourth-order valence-corrected chi connectivity index (χ4v) is 3.24. The average molecular weight is 421 g/mol. The number of nitrogen functional groups attached to an aromatic ring is 4. The van der Waals surface area contributed by atoms with E-state index < -0.39 is 0 Å².